The number of amides is 1. The number of benzene rings is 1. The summed E-state index contributed by atoms with van der Waals surface area (Å²) in [6.07, 6.45) is 4.80. The molecule has 8 heteroatoms. The van der Waals surface area contributed by atoms with Crippen LogP contribution in [0.1, 0.15) is 36.7 Å². The highest BCUT2D eigenvalue weighted by atomic mass is 35.5. The maximum Gasteiger partial charge on any atom is 0.358 e. The molecule has 1 saturated heterocycles. The number of rotatable bonds is 5. The van der Waals surface area contributed by atoms with Crippen molar-refractivity contribution in [2.45, 2.75) is 26.2 Å². The molecule has 1 amide bonds. The van der Waals surface area contributed by atoms with Gasteiger partial charge in [0.15, 0.2) is 5.69 Å². The van der Waals surface area contributed by atoms with E-state index in [1.807, 2.05) is 24.3 Å². The Kier molecular flexibility index (Phi) is 6.05. The Bertz CT molecular complexity index is 861. The molecule has 1 spiro atoms. The fourth-order valence-corrected chi connectivity index (χ4v) is 3.97. The molecule has 0 radical (unpaired) electrons. The third-order valence-corrected chi connectivity index (χ3v) is 5.59. The molecule has 28 heavy (non-hydrogen) atoms. The molecular formula is C20H25ClN4O3. The van der Waals surface area contributed by atoms with Gasteiger partial charge in [-0.15, -0.1) is 12.4 Å². The summed E-state index contributed by atoms with van der Waals surface area (Å²) < 4.78 is 6.58. The largest absolute Gasteiger partial charge is 0.461 e. The van der Waals surface area contributed by atoms with Crippen LogP contribution in [0, 0.1) is 11.3 Å². The predicted molar refractivity (Wildman–Crippen MR) is 108 cm³/mol. The molecule has 1 saturated carbocycles. The molecule has 2 aliphatic rings. The molecule has 2 fully saturated rings. The first-order valence-electron chi connectivity index (χ1n) is 9.47. The maximum absolute atomic E-state index is 12.8. The average molecular weight is 405 g/mol. The number of hydrogen-bond donors (Lipinski definition) is 2. The van der Waals surface area contributed by atoms with Gasteiger partial charge in [-0.3, -0.25) is 4.79 Å². The lowest BCUT2D eigenvalue weighted by molar-refractivity contribution is -0.118. The van der Waals surface area contributed by atoms with Crippen molar-refractivity contribution in [1.82, 2.24) is 15.1 Å². The molecule has 4 rings (SSSR count). The van der Waals surface area contributed by atoms with Crippen molar-refractivity contribution in [2.24, 2.45) is 11.3 Å². The van der Waals surface area contributed by atoms with Gasteiger partial charge in [0.1, 0.15) is 0 Å². The van der Waals surface area contributed by atoms with E-state index in [0.29, 0.717) is 12.3 Å². The summed E-state index contributed by atoms with van der Waals surface area (Å²) in [5.41, 5.74) is 1.85. The van der Waals surface area contributed by atoms with Crippen molar-refractivity contribution in [1.29, 1.82) is 0 Å². The van der Waals surface area contributed by atoms with E-state index in [1.54, 1.807) is 23.9 Å². The van der Waals surface area contributed by atoms with E-state index in [1.165, 1.54) is 0 Å². The van der Waals surface area contributed by atoms with E-state index < -0.39 is 5.97 Å². The zero-order chi connectivity index (χ0) is 18.9. The Morgan fingerprint density at radius 1 is 1.29 bits per heavy atom. The Balaban J connectivity index is 0.00000225. The number of nitrogens with one attached hydrogen (secondary N) is 2. The van der Waals surface area contributed by atoms with Gasteiger partial charge in [-0.2, -0.15) is 5.10 Å². The second-order valence-electron chi connectivity index (χ2n) is 7.24. The van der Waals surface area contributed by atoms with Crippen LogP contribution < -0.4 is 10.6 Å². The summed E-state index contributed by atoms with van der Waals surface area (Å²) >= 11 is 0. The highest BCUT2D eigenvalue weighted by Crippen LogP contribution is 2.58. The number of esters is 1. The maximum atomic E-state index is 12.8. The number of halogens is 1. The van der Waals surface area contributed by atoms with E-state index in [9.17, 15) is 9.59 Å². The van der Waals surface area contributed by atoms with Crippen LogP contribution in [-0.2, 0) is 9.53 Å². The predicted octanol–water partition coefficient (Wildman–Crippen LogP) is 2.80. The standard InChI is InChI=1S/C20H24N4O3.ClH/c1-2-27-19(26)16-7-12-24(23-16)17-6-4-3-5-15(17)22-18(25)14-13-20(14)8-10-21-11-9-20;/h3-7,12,14,21H,2,8-11,13H2,1H3,(H,22,25);1H. The summed E-state index contributed by atoms with van der Waals surface area (Å²) in [5, 5.41) is 10.7. The molecular weight excluding hydrogens is 380 g/mol. The molecule has 1 aliphatic carbocycles. The van der Waals surface area contributed by atoms with E-state index in [4.69, 9.17) is 4.74 Å². The zero-order valence-electron chi connectivity index (χ0n) is 15.8. The lowest BCUT2D eigenvalue weighted by Crippen LogP contribution is -2.31. The van der Waals surface area contributed by atoms with Crippen LogP contribution in [0.5, 0.6) is 0 Å². The van der Waals surface area contributed by atoms with E-state index >= 15 is 0 Å². The number of aromatic nitrogens is 2. The Morgan fingerprint density at radius 3 is 2.79 bits per heavy atom. The number of nitrogens with zero attached hydrogens (tertiary/aromatic N) is 2. The molecule has 1 aromatic heterocycles. The second-order valence-corrected chi connectivity index (χ2v) is 7.24. The van der Waals surface area contributed by atoms with E-state index in [2.05, 4.69) is 15.7 Å². The van der Waals surface area contributed by atoms with Crippen molar-refractivity contribution in [2.75, 3.05) is 25.0 Å². The van der Waals surface area contributed by atoms with Crippen LogP contribution >= 0.6 is 12.4 Å². The molecule has 2 aromatic rings. The fourth-order valence-electron chi connectivity index (χ4n) is 3.97. The number of anilines is 1. The van der Waals surface area contributed by atoms with Gasteiger partial charge in [-0.1, -0.05) is 12.1 Å². The Labute approximate surface area is 170 Å². The van der Waals surface area contributed by atoms with Crippen LogP contribution in [0.3, 0.4) is 0 Å². The third kappa shape index (κ3) is 3.91. The smallest absolute Gasteiger partial charge is 0.358 e. The molecule has 1 unspecified atom stereocenters. The summed E-state index contributed by atoms with van der Waals surface area (Å²) in [6.45, 7) is 4.04. The number of hydrogen-bond acceptors (Lipinski definition) is 5. The van der Waals surface area contributed by atoms with Crippen molar-refractivity contribution in [3.63, 3.8) is 0 Å². The molecule has 0 bridgehead atoms. The van der Waals surface area contributed by atoms with Crippen LogP contribution in [0.2, 0.25) is 0 Å². The summed E-state index contributed by atoms with van der Waals surface area (Å²) in [5.74, 6) is -0.300. The van der Waals surface area contributed by atoms with Gasteiger partial charge >= 0.3 is 5.97 Å². The summed E-state index contributed by atoms with van der Waals surface area (Å²) in [7, 11) is 0. The highest BCUT2D eigenvalue weighted by molar-refractivity contribution is 5.96. The molecule has 2 N–H and O–H groups in total. The minimum atomic E-state index is -0.455. The third-order valence-electron chi connectivity index (χ3n) is 5.59. The van der Waals surface area contributed by atoms with Crippen LogP contribution in [0.25, 0.3) is 5.69 Å². The van der Waals surface area contributed by atoms with Gasteiger partial charge in [0.2, 0.25) is 5.91 Å². The van der Waals surface area contributed by atoms with Crippen LogP contribution in [0.4, 0.5) is 5.69 Å². The van der Waals surface area contributed by atoms with Gasteiger partial charge in [0, 0.05) is 12.1 Å². The first-order chi connectivity index (χ1) is 13.1. The van der Waals surface area contributed by atoms with Crippen molar-refractivity contribution in [3.05, 3.63) is 42.2 Å². The number of carbonyl (C=O) groups is 2. The van der Waals surface area contributed by atoms with Crippen molar-refractivity contribution in [3.8, 4) is 5.69 Å². The van der Waals surface area contributed by atoms with Crippen LogP contribution in [-0.4, -0.2) is 41.4 Å². The zero-order valence-corrected chi connectivity index (χ0v) is 16.6. The second kappa shape index (κ2) is 8.32. The topological polar surface area (TPSA) is 85.2 Å². The average Bonchev–Trinajstić information content (AvgIpc) is 3.15. The van der Waals surface area contributed by atoms with E-state index in [0.717, 1.165) is 38.0 Å². The minimum absolute atomic E-state index is 0. The minimum Gasteiger partial charge on any atom is -0.461 e. The molecule has 150 valence electrons. The van der Waals surface area contributed by atoms with Gasteiger partial charge < -0.3 is 15.4 Å². The molecule has 7 nitrogen and oxygen atoms in total. The fraction of sp³-hybridized carbons (Fsp3) is 0.450. The molecule has 2 heterocycles. The number of para-hydroxylation sites is 2. The van der Waals surface area contributed by atoms with Gasteiger partial charge in [-0.05, 0) is 62.9 Å². The van der Waals surface area contributed by atoms with E-state index in [-0.39, 0.29) is 35.3 Å². The molecule has 1 aromatic carbocycles. The number of carbonyl (C=O) groups excluding carboxylic acids is 2. The highest BCUT2D eigenvalue weighted by Gasteiger charge is 2.57. The Hall–Kier alpha value is -2.38. The lowest BCUT2D eigenvalue weighted by Gasteiger charge is -2.23. The molecule has 1 atom stereocenters. The summed E-state index contributed by atoms with van der Waals surface area (Å²) in [6, 6.07) is 9.09. The first-order valence-corrected chi connectivity index (χ1v) is 9.47. The molecule has 1 aliphatic heterocycles. The lowest BCUT2D eigenvalue weighted by atomic mass is 9.92. The monoisotopic (exact) mass is 404 g/mol. The van der Waals surface area contributed by atoms with Crippen molar-refractivity contribution < 1.29 is 14.3 Å². The summed E-state index contributed by atoms with van der Waals surface area (Å²) in [4.78, 5) is 24.6. The van der Waals surface area contributed by atoms with Gasteiger partial charge in [0.05, 0.1) is 18.0 Å². The van der Waals surface area contributed by atoms with Crippen LogP contribution in [0.15, 0.2) is 36.5 Å². The normalized spacial score (nSPS) is 19.5. The van der Waals surface area contributed by atoms with Crippen molar-refractivity contribution >= 4 is 30.0 Å². The SMILES string of the molecule is CCOC(=O)c1ccn(-c2ccccc2NC(=O)C2CC23CCNCC3)n1.Cl. The van der Waals surface area contributed by atoms with Gasteiger partial charge in [0.25, 0.3) is 0 Å². The quantitative estimate of drug-likeness (QED) is 0.748. The first kappa shape index (κ1) is 20.4. The van der Waals surface area contributed by atoms with Gasteiger partial charge in [-0.25, -0.2) is 9.48 Å². The number of piperidine rings is 1. The number of ether oxygens (including phenoxy) is 1. The Morgan fingerprint density at radius 2 is 2.04 bits per heavy atom.